The lowest BCUT2D eigenvalue weighted by Crippen LogP contribution is -2.49. The number of hydrogen-bond acceptors (Lipinski definition) is 4. The number of nitrogens with zero attached hydrogens (tertiary/aromatic N) is 3. The van der Waals surface area contributed by atoms with E-state index >= 15 is 0 Å². The molecule has 1 aromatic heterocycles. The molecule has 3 heterocycles. The molecule has 2 aliphatic heterocycles. The first kappa shape index (κ1) is 14.7. The molecule has 4 rings (SSSR count). The maximum absolute atomic E-state index is 12.8. The van der Waals surface area contributed by atoms with E-state index < -0.39 is 0 Å². The smallest absolute Gasteiger partial charge is 0.240 e. The number of likely N-dealkylation sites (tertiary alicyclic amines) is 1. The average molecular weight is 314 g/mol. The molecule has 0 spiro atoms. The lowest BCUT2D eigenvalue weighted by atomic mass is 10.2. The van der Waals surface area contributed by atoms with Crippen LogP contribution in [0.1, 0.15) is 18.7 Å². The zero-order valence-corrected chi connectivity index (χ0v) is 13.2. The van der Waals surface area contributed by atoms with Crippen LogP contribution in [0.25, 0.3) is 11.0 Å². The summed E-state index contributed by atoms with van der Waals surface area (Å²) < 4.78 is 5.35. The number of nitrogens with one attached hydrogen (secondary N) is 1. The van der Waals surface area contributed by atoms with Crippen LogP contribution >= 0.6 is 0 Å². The molecule has 1 aromatic carbocycles. The summed E-state index contributed by atoms with van der Waals surface area (Å²) in [5.41, 5.74) is 2.04. The minimum Gasteiger partial charge on any atom is -0.378 e. The molecule has 1 amide bonds. The van der Waals surface area contributed by atoms with Gasteiger partial charge >= 0.3 is 0 Å². The highest BCUT2D eigenvalue weighted by atomic mass is 16.5. The van der Waals surface area contributed by atoms with E-state index in [4.69, 9.17) is 4.74 Å². The Balaban J connectivity index is 1.47. The molecule has 2 aromatic rings. The van der Waals surface area contributed by atoms with Crippen molar-refractivity contribution in [3.63, 3.8) is 0 Å². The van der Waals surface area contributed by atoms with Crippen molar-refractivity contribution in [2.45, 2.75) is 25.4 Å². The first-order valence-electron chi connectivity index (χ1n) is 8.35. The Morgan fingerprint density at radius 3 is 2.91 bits per heavy atom. The highest BCUT2D eigenvalue weighted by Gasteiger charge is 2.34. The van der Waals surface area contributed by atoms with Crippen molar-refractivity contribution in [1.29, 1.82) is 0 Å². The number of ether oxygens (including phenoxy) is 1. The third-order valence-electron chi connectivity index (χ3n) is 4.76. The Kier molecular flexibility index (Phi) is 4.01. The van der Waals surface area contributed by atoms with Crippen LogP contribution in [0.5, 0.6) is 0 Å². The van der Waals surface area contributed by atoms with Gasteiger partial charge in [-0.1, -0.05) is 12.1 Å². The Hall–Kier alpha value is -1.92. The second-order valence-corrected chi connectivity index (χ2v) is 6.27. The molecule has 1 atom stereocenters. The minimum absolute atomic E-state index is 0.0127. The van der Waals surface area contributed by atoms with Crippen molar-refractivity contribution in [3.05, 3.63) is 30.1 Å². The molecule has 2 saturated heterocycles. The van der Waals surface area contributed by atoms with Crippen molar-refractivity contribution in [2.24, 2.45) is 0 Å². The van der Waals surface area contributed by atoms with Gasteiger partial charge in [0.1, 0.15) is 5.82 Å². The summed E-state index contributed by atoms with van der Waals surface area (Å²) in [4.78, 5) is 25.0. The molecule has 0 unspecified atom stereocenters. The van der Waals surface area contributed by atoms with Crippen molar-refractivity contribution in [1.82, 2.24) is 19.8 Å². The lowest BCUT2D eigenvalue weighted by molar-refractivity contribution is -0.140. The quantitative estimate of drug-likeness (QED) is 0.930. The van der Waals surface area contributed by atoms with Gasteiger partial charge in [-0.05, 0) is 31.5 Å². The number of H-pyrrole nitrogens is 1. The maximum atomic E-state index is 12.8. The van der Waals surface area contributed by atoms with Gasteiger partial charge in [0, 0.05) is 13.1 Å². The number of rotatable bonds is 3. The number of fused-ring (bicyclic) bond motifs is 1. The van der Waals surface area contributed by atoms with Crippen molar-refractivity contribution in [2.75, 3.05) is 32.8 Å². The van der Waals surface area contributed by atoms with Crippen LogP contribution < -0.4 is 0 Å². The zero-order valence-electron chi connectivity index (χ0n) is 13.2. The summed E-state index contributed by atoms with van der Waals surface area (Å²) in [6, 6.07) is 8.03. The van der Waals surface area contributed by atoms with Crippen LogP contribution in [0.3, 0.4) is 0 Å². The van der Waals surface area contributed by atoms with Gasteiger partial charge in [-0.15, -0.1) is 0 Å². The largest absolute Gasteiger partial charge is 0.378 e. The molecule has 6 heteroatoms. The molecule has 23 heavy (non-hydrogen) atoms. The number of aromatic amines is 1. The minimum atomic E-state index is -0.0127. The van der Waals surface area contributed by atoms with Gasteiger partial charge < -0.3 is 14.6 Å². The zero-order chi connectivity index (χ0) is 15.6. The van der Waals surface area contributed by atoms with E-state index in [-0.39, 0.29) is 11.9 Å². The van der Waals surface area contributed by atoms with Gasteiger partial charge in [-0.3, -0.25) is 9.69 Å². The predicted molar refractivity (Wildman–Crippen MR) is 86.9 cm³/mol. The number of carbonyl (C=O) groups is 1. The number of para-hydroxylation sites is 2. The first-order chi connectivity index (χ1) is 11.3. The van der Waals surface area contributed by atoms with Crippen molar-refractivity contribution < 1.29 is 9.53 Å². The molecular formula is C17H22N4O2. The average Bonchev–Trinajstić information content (AvgIpc) is 3.21. The van der Waals surface area contributed by atoms with Gasteiger partial charge in [-0.25, -0.2) is 4.98 Å². The van der Waals surface area contributed by atoms with Crippen LogP contribution in [-0.2, 0) is 16.1 Å². The van der Waals surface area contributed by atoms with E-state index in [1.54, 1.807) is 0 Å². The van der Waals surface area contributed by atoms with Gasteiger partial charge in [0.05, 0.1) is 36.8 Å². The number of amides is 1. The van der Waals surface area contributed by atoms with Gasteiger partial charge in [0.25, 0.3) is 0 Å². The van der Waals surface area contributed by atoms with Crippen molar-refractivity contribution >= 4 is 16.9 Å². The SMILES string of the molecule is O=C([C@@H]1CCCN1Cc1nc2ccccc2[nH]1)N1CCOCC1. The second kappa shape index (κ2) is 6.29. The molecule has 0 radical (unpaired) electrons. The van der Waals surface area contributed by atoms with E-state index in [9.17, 15) is 4.79 Å². The summed E-state index contributed by atoms with van der Waals surface area (Å²) in [6.07, 6.45) is 2.01. The number of carbonyl (C=O) groups excluding carboxylic acids is 1. The summed E-state index contributed by atoms with van der Waals surface area (Å²) in [5.74, 6) is 1.19. The summed E-state index contributed by atoms with van der Waals surface area (Å²) in [7, 11) is 0. The third-order valence-corrected chi connectivity index (χ3v) is 4.76. The van der Waals surface area contributed by atoms with Crippen LogP contribution in [0, 0.1) is 0 Å². The molecular weight excluding hydrogens is 292 g/mol. The van der Waals surface area contributed by atoms with Crippen LogP contribution in [0.4, 0.5) is 0 Å². The van der Waals surface area contributed by atoms with E-state index in [0.29, 0.717) is 32.8 Å². The fourth-order valence-corrected chi connectivity index (χ4v) is 3.56. The van der Waals surface area contributed by atoms with Gasteiger partial charge in [0.2, 0.25) is 5.91 Å². The molecule has 0 aliphatic carbocycles. The Labute approximate surface area is 135 Å². The summed E-state index contributed by atoms with van der Waals surface area (Å²) in [5, 5.41) is 0. The van der Waals surface area contributed by atoms with Crippen LogP contribution in [-0.4, -0.2) is 64.6 Å². The third kappa shape index (κ3) is 2.96. The topological polar surface area (TPSA) is 61.5 Å². The highest BCUT2D eigenvalue weighted by Crippen LogP contribution is 2.22. The van der Waals surface area contributed by atoms with Gasteiger partial charge in [-0.2, -0.15) is 0 Å². The summed E-state index contributed by atoms with van der Waals surface area (Å²) >= 11 is 0. The monoisotopic (exact) mass is 314 g/mol. The molecule has 2 fully saturated rings. The molecule has 122 valence electrons. The Bertz CT molecular complexity index is 660. The fourth-order valence-electron chi connectivity index (χ4n) is 3.56. The lowest BCUT2D eigenvalue weighted by Gasteiger charge is -2.32. The van der Waals surface area contributed by atoms with E-state index in [0.717, 1.165) is 36.2 Å². The number of aromatic nitrogens is 2. The number of hydrogen-bond donors (Lipinski definition) is 1. The summed E-state index contributed by atoms with van der Waals surface area (Å²) in [6.45, 7) is 4.40. The second-order valence-electron chi connectivity index (χ2n) is 6.27. The molecule has 2 aliphatic rings. The Morgan fingerprint density at radius 2 is 2.09 bits per heavy atom. The molecule has 1 N–H and O–H groups in total. The number of benzene rings is 1. The first-order valence-corrected chi connectivity index (χ1v) is 8.35. The fraction of sp³-hybridized carbons (Fsp3) is 0.529. The molecule has 6 nitrogen and oxygen atoms in total. The van der Waals surface area contributed by atoms with E-state index in [1.165, 1.54) is 0 Å². The standard InChI is InChI=1S/C17H22N4O2/c22-17(20-8-10-23-11-9-20)15-6-3-7-21(15)12-16-18-13-4-1-2-5-14(13)19-16/h1-2,4-5,15H,3,6-12H2,(H,18,19)/t15-/m0/s1. The van der Waals surface area contributed by atoms with E-state index in [1.807, 2.05) is 29.2 Å². The van der Waals surface area contributed by atoms with Crippen LogP contribution in [0.2, 0.25) is 0 Å². The highest BCUT2D eigenvalue weighted by molar-refractivity contribution is 5.82. The Morgan fingerprint density at radius 1 is 1.26 bits per heavy atom. The number of imidazole rings is 1. The molecule has 0 bridgehead atoms. The van der Waals surface area contributed by atoms with Gasteiger partial charge in [0.15, 0.2) is 0 Å². The van der Waals surface area contributed by atoms with Crippen molar-refractivity contribution in [3.8, 4) is 0 Å². The predicted octanol–water partition coefficient (Wildman–Crippen LogP) is 1.39. The van der Waals surface area contributed by atoms with Crippen LogP contribution in [0.15, 0.2) is 24.3 Å². The number of morpholine rings is 1. The normalized spacial score (nSPS) is 22.8. The molecule has 0 saturated carbocycles. The maximum Gasteiger partial charge on any atom is 0.240 e. The van der Waals surface area contributed by atoms with E-state index in [2.05, 4.69) is 14.9 Å².